The third-order valence-corrected chi connectivity index (χ3v) is 5.24. The summed E-state index contributed by atoms with van der Waals surface area (Å²) in [5.74, 6) is -0.412. The first-order valence-electron chi connectivity index (χ1n) is 9.24. The number of imide groups is 1. The first-order valence-corrected chi connectivity index (χ1v) is 9.24. The fraction of sp³-hybridized carbons (Fsp3) is 0.429. The fourth-order valence-corrected chi connectivity index (χ4v) is 3.78. The second-order valence-electron chi connectivity index (χ2n) is 6.97. The minimum atomic E-state index is -0.213. The molecule has 0 atom stereocenters. The van der Waals surface area contributed by atoms with Crippen LogP contribution in [-0.4, -0.2) is 65.8 Å². The van der Waals surface area contributed by atoms with E-state index in [0.29, 0.717) is 11.3 Å². The van der Waals surface area contributed by atoms with Crippen molar-refractivity contribution in [3.05, 3.63) is 53.2 Å². The fourth-order valence-electron chi connectivity index (χ4n) is 3.78. The Morgan fingerprint density at radius 1 is 1.08 bits per heavy atom. The molecule has 0 bridgehead atoms. The molecule has 1 fully saturated rings. The number of benzene rings is 1. The quantitative estimate of drug-likeness (QED) is 0.601. The highest BCUT2D eigenvalue weighted by Gasteiger charge is 2.41. The van der Waals surface area contributed by atoms with Crippen molar-refractivity contribution in [2.75, 3.05) is 39.3 Å². The van der Waals surface area contributed by atoms with Crippen molar-refractivity contribution in [3.8, 4) is 0 Å². The predicted octanol–water partition coefficient (Wildman–Crippen LogP) is 2.21. The maximum atomic E-state index is 13.1. The number of hydrogen-bond donors (Lipinski definition) is 0. The van der Waals surface area contributed by atoms with E-state index >= 15 is 0 Å². The van der Waals surface area contributed by atoms with Crippen LogP contribution in [0.3, 0.4) is 0 Å². The molecule has 3 rings (SSSR count). The van der Waals surface area contributed by atoms with Gasteiger partial charge in [-0.2, -0.15) is 0 Å². The zero-order valence-electron chi connectivity index (χ0n) is 15.9. The summed E-state index contributed by atoms with van der Waals surface area (Å²) in [6, 6.07) is 6.02. The van der Waals surface area contributed by atoms with Gasteiger partial charge < -0.3 is 9.80 Å². The molecule has 0 N–H and O–H groups in total. The average molecular weight is 353 g/mol. The summed E-state index contributed by atoms with van der Waals surface area (Å²) >= 11 is 0. The van der Waals surface area contributed by atoms with Crippen molar-refractivity contribution < 1.29 is 9.59 Å². The molecule has 1 aromatic rings. The molecule has 26 heavy (non-hydrogen) atoms. The van der Waals surface area contributed by atoms with E-state index in [0.717, 1.165) is 49.4 Å². The molecular formula is C21H27N3O2. The van der Waals surface area contributed by atoms with Crippen LogP contribution in [0.2, 0.25) is 0 Å². The van der Waals surface area contributed by atoms with Gasteiger partial charge in [0.1, 0.15) is 5.70 Å². The molecule has 0 unspecified atom stereocenters. The highest BCUT2D eigenvalue weighted by atomic mass is 16.2. The molecule has 2 aliphatic rings. The monoisotopic (exact) mass is 353 g/mol. The summed E-state index contributed by atoms with van der Waals surface area (Å²) in [5, 5.41) is 0. The van der Waals surface area contributed by atoms with E-state index in [4.69, 9.17) is 0 Å². The van der Waals surface area contributed by atoms with Crippen LogP contribution < -0.4 is 0 Å². The molecule has 1 saturated heterocycles. The topological polar surface area (TPSA) is 43.9 Å². The lowest BCUT2D eigenvalue weighted by Gasteiger charge is -2.36. The lowest BCUT2D eigenvalue weighted by molar-refractivity contribution is -0.137. The van der Waals surface area contributed by atoms with Crippen molar-refractivity contribution in [1.82, 2.24) is 14.7 Å². The van der Waals surface area contributed by atoms with Crippen LogP contribution in [0.4, 0.5) is 0 Å². The largest absolute Gasteiger partial charge is 0.364 e. The standard InChI is InChI=1S/C21H27N3O2/c1-5-9-24-20(25)18(17-8-7-15(3)14-16(17)4)19(21(24)26)23-12-10-22(6-2)11-13-23/h5,7-8,14H,1,6,9-13H2,2-4H3. The number of likely N-dealkylation sites (N-methyl/N-ethyl adjacent to an activating group) is 1. The van der Waals surface area contributed by atoms with Gasteiger partial charge in [0, 0.05) is 32.7 Å². The Morgan fingerprint density at radius 3 is 2.35 bits per heavy atom. The Morgan fingerprint density at radius 2 is 1.77 bits per heavy atom. The van der Waals surface area contributed by atoms with E-state index in [-0.39, 0.29) is 18.4 Å². The Labute approximate surface area is 155 Å². The van der Waals surface area contributed by atoms with E-state index < -0.39 is 0 Å². The molecular weight excluding hydrogens is 326 g/mol. The highest BCUT2D eigenvalue weighted by molar-refractivity contribution is 6.35. The zero-order valence-corrected chi connectivity index (χ0v) is 15.9. The molecule has 2 heterocycles. The van der Waals surface area contributed by atoms with Crippen LogP contribution in [0.1, 0.15) is 23.6 Å². The minimum Gasteiger partial charge on any atom is -0.364 e. The van der Waals surface area contributed by atoms with Crippen LogP contribution in [0.15, 0.2) is 36.6 Å². The molecule has 5 nitrogen and oxygen atoms in total. The summed E-state index contributed by atoms with van der Waals surface area (Å²) in [6.07, 6.45) is 1.60. The van der Waals surface area contributed by atoms with Crippen molar-refractivity contribution in [3.63, 3.8) is 0 Å². The van der Waals surface area contributed by atoms with Crippen LogP contribution in [-0.2, 0) is 9.59 Å². The summed E-state index contributed by atoms with van der Waals surface area (Å²) in [5.41, 5.74) is 4.11. The lowest BCUT2D eigenvalue weighted by Crippen LogP contribution is -2.47. The van der Waals surface area contributed by atoms with Crippen molar-refractivity contribution >= 4 is 17.4 Å². The van der Waals surface area contributed by atoms with Gasteiger partial charge in [0.05, 0.1) is 5.57 Å². The molecule has 0 radical (unpaired) electrons. The number of nitrogens with zero attached hydrogens (tertiary/aromatic N) is 3. The summed E-state index contributed by atoms with van der Waals surface area (Å²) in [7, 11) is 0. The summed E-state index contributed by atoms with van der Waals surface area (Å²) < 4.78 is 0. The SMILES string of the molecule is C=CCN1C(=O)C(c2ccc(C)cc2C)=C(N2CCN(CC)CC2)C1=O. The van der Waals surface area contributed by atoms with E-state index in [1.54, 1.807) is 6.08 Å². The Kier molecular flexibility index (Phi) is 5.28. The van der Waals surface area contributed by atoms with Gasteiger partial charge in [-0.15, -0.1) is 6.58 Å². The van der Waals surface area contributed by atoms with Crippen molar-refractivity contribution in [2.45, 2.75) is 20.8 Å². The maximum Gasteiger partial charge on any atom is 0.278 e. The molecule has 1 aromatic carbocycles. The first kappa shape index (κ1) is 18.4. The lowest BCUT2D eigenvalue weighted by atomic mass is 9.97. The van der Waals surface area contributed by atoms with Crippen molar-refractivity contribution in [1.29, 1.82) is 0 Å². The number of aryl methyl sites for hydroxylation is 2. The molecule has 2 amide bonds. The molecule has 138 valence electrons. The molecule has 5 heteroatoms. The number of rotatable bonds is 5. The van der Waals surface area contributed by atoms with Gasteiger partial charge in [0.25, 0.3) is 11.8 Å². The zero-order chi connectivity index (χ0) is 18.8. The van der Waals surface area contributed by atoms with Crippen molar-refractivity contribution in [2.24, 2.45) is 0 Å². The Bertz CT molecular complexity index is 773. The van der Waals surface area contributed by atoms with E-state index in [2.05, 4.69) is 29.4 Å². The normalized spacial score (nSPS) is 18.9. The summed E-state index contributed by atoms with van der Waals surface area (Å²) in [4.78, 5) is 31.9. The van der Waals surface area contributed by atoms with E-state index in [1.807, 2.05) is 26.0 Å². The first-order chi connectivity index (χ1) is 12.5. The third-order valence-electron chi connectivity index (χ3n) is 5.24. The van der Waals surface area contributed by atoms with Crippen LogP contribution >= 0.6 is 0 Å². The van der Waals surface area contributed by atoms with Crippen LogP contribution in [0, 0.1) is 13.8 Å². The molecule has 0 saturated carbocycles. The van der Waals surface area contributed by atoms with Gasteiger partial charge in [-0.1, -0.05) is 36.8 Å². The molecule has 0 aliphatic carbocycles. The number of amides is 2. The number of carbonyl (C=O) groups excluding carboxylic acids is 2. The van der Waals surface area contributed by atoms with Gasteiger partial charge in [-0.05, 0) is 31.5 Å². The van der Waals surface area contributed by atoms with Gasteiger partial charge in [0.15, 0.2) is 0 Å². The number of hydrogen-bond acceptors (Lipinski definition) is 4. The predicted molar refractivity (Wildman–Crippen MR) is 103 cm³/mol. The molecule has 2 aliphatic heterocycles. The van der Waals surface area contributed by atoms with E-state index in [9.17, 15) is 9.59 Å². The summed E-state index contributed by atoms with van der Waals surface area (Å²) in [6.45, 7) is 14.4. The molecule has 0 spiro atoms. The van der Waals surface area contributed by atoms with E-state index in [1.165, 1.54) is 4.90 Å². The van der Waals surface area contributed by atoms with Gasteiger partial charge >= 0.3 is 0 Å². The Hall–Kier alpha value is -2.40. The number of carbonyl (C=O) groups is 2. The van der Waals surface area contributed by atoms with Crippen LogP contribution in [0.5, 0.6) is 0 Å². The maximum absolute atomic E-state index is 13.1. The molecule has 0 aromatic heterocycles. The van der Waals surface area contributed by atoms with Crippen LogP contribution in [0.25, 0.3) is 5.57 Å². The third kappa shape index (κ3) is 3.19. The van der Waals surface area contributed by atoms with Gasteiger partial charge in [-0.3, -0.25) is 14.5 Å². The average Bonchev–Trinajstić information content (AvgIpc) is 2.87. The number of piperazine rings is 1. The van der Waals surface area contributed by atoms with Gasteiger partial charge in [0.2, 0.25) is 0 Å². The highest BCUT2D eigenvalue weighted by Crippen LogP contribution is 2.33. The van der Waals surface area contributed by atoms with Gasteiger partial charge in [-0.25, -0.2) is 0 Å². The minimum absolute atomic E-state index is 0.199. The second-order valence-corrected chi connectivity index (χ2v) is 6.97. The smallest absolute Gasteiger partial charge is 0.278 e. The Balaban J connectivity index is 2.06. The second kappa shape index (κ2) is 7.46.